The summed E-state index contributed by atoms with van der Waals surface area (Å²) in [6, 6.07) is 7.22. The van der Waals surface area contributed by atoms with Gasteiger partial charge in [0.15, 0.2) is 0 Å². The highest BCUT2D eigenvalue weighted by Crippen LogP contribution is 2.18. The maximum Gasteiger partial charge on any atom is 0.255 e. The molecule has 0 saturated carbocycles. The molecule has 0 aromatic heterocycles. The highest BCUT2D eigenvalue weighted by molar-refractivity contribution is 5.97. The number of nitrogens with one attached hydrogen (secondary N) is 1. The fourth-order valence-electron chi connectivity index (χ4n) is 1.81. The van der Waals surface area contributed by atoms with Crippen LogP contribution in [0.5, 0.6) is 5.75 Å². The average molecular weight is 378 g/mol. The number of amides is 2. The first-order valence-corrected chi connectivity index (χ1v) is 8.54. The summed E-state index contributed by atoms with van der Waals surface area (Å²) in [5.74, 6) is 0.412. The first-order chi connectivity index (χ1) is 13.0. The van der Waals surface area contributed by atoms with E-state index in [0.29, 0.717) is 37.5 Å². The van der Waals surface area contributed by atoms with E-state index in [0.717, 1.165) is 11.5 Å². The predicted molar refractivity (Wildman–Crippen MR) is 106 cm³/mol. The first-order valence-electron chi connectivity index (χ1n) is 8.54. The number of benzene rings is 1. The Morgan fingerprint density at radius 1 is 1.26 bits per heavy atom. The maximum atomic E-state index is 12.2. The lowest BCUT2D eigenvalue weighted by molar-refractivity contribution is -0.153. The number of rotatable bonds is 12. The molecule has 0 spiro atoms. The van der Waals surface area contributed by atoms with Gasteiger partial charge >= 0.3 is 0 Å². The van der Waals surface area contributed by atoms with Crippen molar-refractivity contribution >= 4 is 12.3 Å². The predicted octanol–water partition coefficient (Wildman–Crippen LogP) is 2.60. The number of ether oxygens (including phenoxy) is 2. The lowest BCUT2D eigenvalue weighted by atomic mass is 10.1. The van der Waals surface area contributed by atoms with Crippen LogP contribution in [0.4, 0.5) is 0 Å². The van der Waals surface area contributed by atoms with Gasteiger partial charge in [-0.25, -0.2) is 5.06 Å². The zero-order valence-electron chi connectivity index (χ0n) is 16.3. The normalized spacial score (nSPS) is 10.6. The number of nitrogens with zero attached hydrogens (tertiary/aromatic N) is 1. The Morgan fingerprint density at radius 2 is 1.96 bits per heavy atom. The molecule has 0 bridgehead atoms. The second-order valence-electron chi connectivity index (χ2n) is 5.44. The quantitative estimate of drug-likeness (QED) is 0.262. The summed E-state index contributed by atoms with van der Waals surface area (Å²) in [5, 5.41) is 3.98. The number of para-hydroxylation sites is 1. The molecule has 1 rings (SSSR count). The van der Waals surface area contributed by atoms with E-state index in [1.807, 2.05) is 19.1 Å². The minimum absolute atomic E-state index is 0.0407. The SMILES string of the molecule is C=CCOCCOc1ccccc1C(=O)N[C@H](C)CC=C.CON(C)C=O. The van der Waals surface area contributed by atoms with Crippen LogP contribution in [0.25, 0.3) is 0 Å². The van der Waals surface area contributed by atoms with Gasteiger partial charge in [-0.1, -0.05) is 24.3 Å². The molecule has 1 atom stereocenters. The van der Waals surface area contributed by atoms with Crippen LogP contribution in [0.2, 0.25) is 0 Å². The van der Waals surface area contributed by atoms with E-state index in [2.05, 4.69) is 23.3 Å². The molecule has 0 unspecified atom stereocenters. The molecule has 1 aromatic rings. The van der Waals surface area contributed by atoms with E-state index >= 15 is 0 Å². The van der Waals surface area contributed by atoms with Crippen LogP contribution in [0.1, 0.15) is 23.7 Å². The fraction of sp³-hybridized carbons (Fsp3) is 0.400. The summed E-state index contributed by atoms with van der Waals surface area (Å²) >= 11 is 0. The standard InChI is InChI=1S/C17H23NO3.C3H7NO2/c1-4-8-14(3)18-17(19)15-9-6-7-10-16(15)21-13-12-20-11-5-2;1-4(3-5)6-2/h4-7,9-10,14H,1-2,8,11-13H2,3H3,(H,18,19);3H,1-2H3/t14-;/m1./s1. The number of hydrogen-bond acceptors (Lipinski definition) is 5. The first kappa shape index (κ1) is 24.4. The van der Waals surface area contributed by atoms with Gasteiger partial charge in [0, 0.05) is 13.1 Å². The van der Waals surface area contributed by atoms with Crippen LogP contribution >= 0.6 is 0 Å². The lowest BCUT2D eigenvalue weighted by Gasteiger charge is -2.14. The molecule has 1 N–H and O–H groups in total. The van der Waals surface area contributed by atoms with Gasteiger partial charge in [-0.2, -0.15) is 0 Å². The van der Waals surface area contributed by atoms with Crippen LogP contribution in [-0.4, -0.2) is 57.4 Å². The van der Waals surface area contributed by atoms with Gasteiger partial charge in [0.1, 0.15) is 12.4 Å². The molecule has 2 amide bonds. The summed E-state index contributed by atoms with van der Waals surface area (Å²) in [5.41, 5.74) is 0.525. The third-order valence-electron chi connectivity index (χ3n) is 3.19. The Morgan fingerprint density at radius 3 is 2.52 bits per heavy atom. The molecule has 0 saturated heterocycles. The third-order valence-corrected chi connectivity index (χ3v) is 3.19. The molecule has 7 heteroatoms. The fourth-order valence-corrected chi connectivity index (χ4v) is 1.81. The van der Waals surface area contributed by atoms with Crippen molar-refractivity contribution in [1.29, 1.82) is 0 Å². The van der Waals surface area contributed by atoms with Gasteiger partial charge in [0.05, 0.1) is 25.9 Å². The van der Waals surface area contributed by atoms with Gasteiger partial charge in [-0.05, 0) is 25.5 Å². The van der Waals surface area contributed by atoms with Crippen LogP contribution < -0.4 is 10.1 Å². The van der Waals surface area contributed by atoms with Gasteiger partial charge in [0.25, 0.3) is 5.91 Å². The average Bonchev–Trinajstić information content (AvgIpc) is 2.68. The van der Waals surface area contributed by atoms with E-state index in [4.69, 9.17) is 9.47 Å². The lowest BCUT2D eigenvalue weighted by Crippen LogP contribution is -2.32. The van der Waals surface area contributed by atoms with E-state index in [-0.39, 0.29) is 11.9 Å². The summed E-state index contributed by atoms with van der Waals surface area (Å²) in [6.45, 7) is 10.5. The molecule has 27 heavy (non-hydrogen) atoms. The van der Waals surface area contributed by atoms with Gasteiger partial charge < -0.3 is 14.8 Å². The van der Waals surface area contributed by atoms with Crippen molar-refractivity contribution in [2.45, 2.75) is 19.4 Å². The monoisotopic (exact) mass is 378 g/mol. The number of carbonyl (C=O) groups excluding carboxylic acids is 2. The molecular formula is C20H30N2O5. The van der Waals surface area contributed by atoms with Crippen molar-refractivity contribution in [3.8, 4) is 5.75 Å². The maximum absolute atomic E-state index is 12.2. The zero-order chi connectivity index (χ0) is 20.5. The minimum Gasteiger partial charge on any atom is -0.490 e. The largest absolute Gasteiger partial charge is 0.490 e. The number of hydroxylamine groups is 2. The van der Waals surface area contributed by atoms with Crippen LogP contribution in [0.15, 0.2) is 49.6 Å². The molecular weight excluding hydrogens is 348 g/mol. The number of hydrogen-bond donors (Lipinski definition) is 1. The van der Waals surface area contributed by atoms with Gasteiger partial charge in [-0.3, -0.25) is 14.4 Å². The Labute approximate surface area is 161 Å². The topological polar surface area (TPSA) is 77.1 Å². The molecule has 150 valence electrons. The second-order valence-corrected chi connectivity index (χ2v) is 5.44. The third kappa shape index (κ3) is 11.6. The molecule has 0 heterocycles. The summed E-state index contributed by atoms with van der Waals surface area (Å²) < 4.78 is 10.9. The molecule has 0 aliphatic rings. The van der Waals surface area contributed by atoms with Crippen LogP contribution in [-0.2, 0) is 14.4 Å². The minimum atomic E-state index is -0.146. The molecule has 0 fully saturated rings. The zero-order valence-corrected chi connectivity index (χ0v) is 16.3. The molecule has 0 aliphatic heterocycles. The van der Waals surface area contributed by atoms with Crippen molar-refractivity contribution in [1.82, 2.24) is 10.4 Å². The smallest absolute Gasteiger partial charge is 0.255 e. The number of carbonyl (C=O) groups is 2. The van der Waals surface area contributed by atoms with E-state index in [9.17, 15) is 9.59 Å². The van der Waals surface area contributed by atoms with Gasteiger partial charge in [-0.15, -0.1) is 13.2 Å². The van der Waals surface area contributed by atoms with Crippen molar-refractivity contribution < 1.29 is 23.9 Å². The molecule has 0 radical (unpaired) electrons. The van der Waals surface area contributed by atoms with E-state index in [1.54, 1.807) is 24.3 Å². The molecule has 1 aromatic carbocycles. The Bertz CT molecular complexity index is 577. The van der Waals surface area contributed by atoms with Crippen LogP contribution in [0, 0.1) is 0 Å². The van der Waals surface area contributed by atoms with E-state index in [1.165, 1.54) is 14.2 Å². The van der Waals surface area contributed by atoms with Crippen molar-refractivity contribution in [2.75, 3.05) is 34.0 Å². The van der Waals surface area contributed by atoms with Crippen LogP contribution in [0.3, 0.4) is 0 Å². The molecule has 7 nitrogen and oxygen atoms in total. The second kappa shape index (κ2) is 15.6. The van der Waals surface area contributed by atoms with Gasteiger partial charge in [0.2, 0.25) is 6.41 Å². The highest BCUT2D eigenvalue weighted by atomic mass is 16.7. The Balaban J connectivity index is 0.000000972. The van der Waals surface area contributed by atoms with E-state index < -0.39 is 0 Å². The van der Waals surface area contributed by atoms with Crippen molar-refractivity contribution in [3.63, 3.8) is 0 Å². The summed E-state index contributed by atoms with van der Waals surface area (Å²) in [4.78, 5) is 26.1. The molecule has 0 aliphatic carbocycles. The highest BCUT2D eigenvalue weighted by Gasteiger charge is 2.13. The summed E-state index contributed by atoms with van der Waals surface area (Å²) in [6.07, 6.45) is 4.77. The Kier molecular flexibility index (Phi) is 14.1. The van der Waals surface area contributed by atoms with Crippen molar-refractivity contribution in [3.05, 3.63) is 55.1 Å². The summed E-state index contributed by atoms with van der Waals surface area (Å²) in [7, 11) is 2.95. The van der Waals surface area contributed by atoms with Crippen molar-refractivity contribution in [2.24, 2.45) is 0 Å². The Hall–Kier alpha value is -2.64.